The minimum atomic E-state index is -5.54. The third kappa shape index (κ3) is 4.93. The van der Waals surface area contributed by atoms with Gasteiger partial charge in [0.25, 0.3) is 0 Å². The highest BCUT2D eigenvalue weighted by Gasteiger charge is 2.56. The largest absolute Gasteiger partial charge is 0.392 e. The number of hydrogen-bond donors (Lipinski definition) is 0. The maximum atomic E-state index is 12.0. The summed E-state index contributed by atoms with van der Waals surface area (Å²) >= 11 is 0. The van der Waals surface area contributed by atoms with Crippen LogP contribution in [0.4, 0.5) is 39.5 Å². The van der Waals surface area contributed by atoms with Crippen LogP contribution in [-0.2, 0) is 0 Å². The lowest BCUT2D eigenvalue weighted by molar-refractivity contribution is -0.272. The van der Waals surface area contributed by atoms with Crippen LogP contribution in [0.2, 0.25) is 0 Å². The van der Waals surface area contributed by atoms with Gasteiger partial charge in [-0.25, -0.2) is 0 Å². The van der Waals surface area contributed by atoms with Crippen LogP contribution in [0.15, 0.2) is 0 Å². The second-order valence-corrected chi connectivity index (χ2v) is 3.30. The third-order valence-corrected chi connectivity index (χ3v) is 1.99. The highest BCUT2D eigenvalue weighted by atomic mass is 19.4. The summed E-state index contributed by atoms with van der Waals surface area (Å²) in [5.41, 5.74) is 0. The molecule has 2 atom stereocenters. The molecule has 0 nitrogen and oxygen atoms in total. The van der Waals surface area contributed by atoms with E-state index in [0.717, 1.165) is 0 Å². The second kappa shape index (κ2) is 4.33. The number of hydrogen-bond acceptors (Lipinski definition) is 0. The van der Waals surface area contributed by atoms with Crippen LogP contribution in [0.5, 0.6) is 0 Å². The molecule has 2 unspecified atom stereocenters. The molecule has 0 heterocycles. The average molecular weight is 262 g/mol. The molecule has 0 aromatic carbocycles. The Hall–Kier alpha value is -0.630. The molecule has 0 N–H and O–H groups in total. The number of rotatable bonds is 2. The Morgan fingerprint density at radius 1 is 0.750 bits per heavy atom. The lowest BCUT2D eigenvalue weighted by Crippen LogP contribution is -2.39. The molecule has 9 heteroatoms. The molecule has 0 fully saturated rings. The Kier molecular flexibility index (Phi) is 4.15. The van der Waals surface area contributed by atoms with Crippen molar-refractivity contribution >= 4 is 0 Å². The summed E-state index contributed by atoms with van der Waals surface area (Å²) in [5.74, 6) is -6.55. The lowest BCUT2D eigenvalue weighted by atomic mass is 9.89. The molecule has 0 bridgehead atoms. The minimum Gasteiger partial charge on any atom is -0.171 e. The summed E-state index contributed by atoms with van der Waals surface area (Å²) in [6, 6.07) is 0. The molecule has 0 aliphatic rings. The van der Waals surface area contributed by atoms with Gasteiger partial charge in [-0.15, -0.1) is 0 Å². The molecular formula is C7H7F9. The zero-order chi connectivity index (χ0) is 13.4. The van der Waals surface area contributed by atoms with Gasteiger partial charge < -0.3 is 0 Å². The molecule has 0 spiro atoms. The van der Waals surface area contributed by atoms with Crippen molar-refractivity contribution in [3.8, 4) is 0 Å². The second-order valence-electron chi connectivity index (χ2n) is 3.30. The van der Waals surface area contributed by atoms with Gasteiger partial charge in [-0.2, -0.15) is 39.5 Å². The molecule has 0 amide bonds. The lowest BCUT2D eigenvalue weighted by Gasteiger charge is -2.28. The van der Waals surface area contributed by atoms with Crippen LogP contribution in [0.25, 0.3) is 0 Å². The Morgan fingerprint density at radius 2 is 1.12 bits per heavy atom. The molecule has 0 saturated heterocycles. The van der Waals surface area contributed by atoms with Gasteiger partial charge in [0.15, 0.2) is 0 Å². The van der Waals surface area contributed by atoms with Gasteiger partial charge in [0.1, 0.15) is 0 Å². The summed E-state index contributed by atoms with van der Waals surface area (Å²) in [5, 5.41) is 0. The fraction of sp³-hybridized carbons (Fsp3) is 1.00. The quantitative estimate of drug-likeness (QED) is 0.650. The van der Waals surface area contributed by atoms with Crippen molar-refractivity contribution in [2.24, 2.45) is 11.8 Å². The van der Waals surface area contributed by atoms with E-state index in [-0.39, 0.29) is 6.92 Å². The maximum absolute atomic E-state index is 12.0. The van der Waals surface area contributed by atoms with Crippen molar-refractivity contribution in [2.75, 3.05) is 0 Å². The van der Waals surface area contributed by atoms with Crippen molar-refractivity contribution in [2.45, 2.75) is 31.9 Å². The normalized spacial score (nSPS) is 18.4. The molecule has 0 aromatic heterocycles. The SMILES string of the molecule is CC(C(CC(F)(F)F)C(F)(F)F)C(F)(F)F. The van der Waals surface area contributed by atoms with E-state index in [1.54, 1.807) is 0 Å². The van der Waals surface area contributed by atoms with Crippen LogP contribution < -0.4 is 0 Å². The smallest absolute Gasteiger partial charge is 0.171 e. The van der Waals surface area contributed by atoms with E-state index < -0.39 is 36.8 Å². The van der Waals surface area contributed by atoms with Gasteiger partial charge in [0, 0.05) is 0 Å². The highest BCUT2D eigenvalue weighted by Crippen LogP contribution is 2.45. The van der Waals surface area contributed by atoms with Crippen molar-refractivity contribution in [3.05, 3.63) is 0 Å². The molecular weight excluding hydrogens is 255 g/mol. The summed E-state index contributed by atoms with van der Waals surface area (Å²) < 4.78 is 107. The van der Waals surface area contributed by atoms with E-state index in [2.05, 4.69) is 0 Å². The van der Waals surface area contributed by atoms with E-state index in [0.29, 0.717) is 0 Å². The Bertz CT molecular complexity index is 219. The summed E-state index contributed by atoms with van der Waals surface area (Å²) in [7, 11) is 0. The fourth-order valence-corrected chi connectivity index (χ4v) is 1.05. The van der Waals surface area contributed by atoms with Gasteiger partial charge >= 0.3 is 18.5 Å². The zero-order valence-corrected chi connectivity index (χ0v) is 7.76. The van der Waals surface area contributed by atoms with E-state index in [4.69, 9.17) is 0 Å². The van der Waals surface area contributed by atoms with Crippen LogP contribution in [0, 0.1) is 11.8 Å². The van der Waals surface area contributed by atoms with Crippen molar-refractivity contribution in [1.29, 1.82) is 0 Å². The van der Waals surface area contributed by atoms with Gasteiger partial charge in [-0.1, -0.05) is 6.92 Å². The highest BCUT2D eigenvalue weighted by molar-refractivity contribution is 4.80. The first kappa shape index (κ1) is 15.4. The topological polar surface area (TPSA) is 0 Å². The Balaban J connectivity index is 4.98. The first-order chi connectivity index (χ1) is 6.75. The maximum Gasteiger partial charge on any atom is 0.392 e. The zero-order valence-electron chi connectivity index (χ0n) is 7.76. The standard InChI is InChI=1S/C7H7F9/c1-3(6(11,12)13)4(7(14,15)16)2-5(8,9)10/h3-4H,2H2,1H3. The molecule has 0 aliphatic carbocycles. The molecule has 0 saturated carbocycles. The first-order valence-corrected chi connectivity index (χ1v) is 3.95. The van der Waals surface area contributed by atoms with Gasteiger partial charge in [0.2, 0.25) is 0 Å². The summed E-state index contributed by atoms with van der Waals surface area (Å²) in [6.07, 6.45) is -18.7. The first-order valence-electron chi connectivity index (χ1n) is 3.95. The Labute approximate surface area is 84.4 Å². The van der Waals surface area contributed by atoms with E-state index in [9.17, 15) is 39.5 Å². The van der Waals surface area contributed by atoms with E-state index in [1.165, 1.54) is 0 Å². The molecule has 98 valence electrons. The molecule has 16 heavy (non-hydrogen) atoms. The van der Waals surface area contributed by atoms with E-state index >= 15 is 0 Å². The molecule has 0 radical (unpaired) electrons. The van der Waals surface area contributed by atoms with Crippen LogP contribution in [0.3, 0.4) is 0 Å². The van der Waals surface area contributed by atoms with Crippen molar-refractivity contribution in [1.82, 2.24) is 0 Å². The number of alkyl halides is 9. The predicted octanol–water partition coefficient (Wildman–Crippen LogP) is 4.32. The van der Waals surface area contributed by atoms with Gasteiger partial charge in [0.05, 0.1) is 18.3 Å². The average Bonchev–Trinajstić information content (AvgIpc) is 1.93. The monoisotopic (exact) mass is 262 g/mol. The van der Waals surface area contributed by atoms with Crippen LogP contribution in [0.1, 0.15) is 13.3 Å². The van der Waals surface area contributed by atoms with Gasteiger partial charge in [-0.05, 0) is 0 Å². The Morgan fingerprint density at radius 3 is 1.31 bits per heavy atom. The van der Waals surface area contributed by atoms with Crippen molar-refractivity contribution < 1.29 is 39.5 Å². The minimum absolute atomic E-state index is 0.0872. The van der Waals surface area contributed by atoms with E-state index in [1.807, 2.05) is 0 Å². The fourth-order valence-electron chi connectivity index (χ4n) is 1.05. The van der Waals surface area contributed by atoms with Gasteiger partial charge in [-0.3, -0.25) is 0 Å². The molecule has 0 aliphatic heterocycles. The molecule has 0 rings (SSSR count). The predicted molar refractivity (Wildman–Crippen MR) is 35.4 cm³/mol. The van der Waals surface area contributed by atoms with Crippen LogP contribution >= 0.6 is 0 Å². The third-order valence-electron chi connectivity index (χ3n) is 1.99. The van der Waals surface area contributed by atoms with Crippen molar-refractivity contribution in [3.63, 3.8) is 0 Å². The summed E-state index contributed by atoms with van der Waals surface area (Å²) in [4.78, 5) is 0. The van der Waals surface area contributed by atoms with Crippen LogP contribution in [-0.4, -0.2) is 18.5 Å². The summed E-state index contributed by atoms with van der Waals surface area (Å²) in [6.45, 7) is 0.0872. The molecule has 0 aromatic rings. The number of halogens is 9.